The van der Waals surface area contributed by atoms with Crippen molar-refractivity contribution in [3.63, 3.8) is 0 Å². The van der Waals surface area contributed by atoms with Gasteiger partial charge in [-0.05, 0) is 6.42 Å². The van der Waals surface area contributed by atoms with E-state index in [0.717, 1.165) is 0 Å². The van der Waals surface area contributed by atoms with Gasteiger partial charge in [0.05, 0.1) is 0 Å². The van der Waals surface area contributed by atoms with Crippen LogP contribution in [0.3, 0.4) is 0 Å². The van der Waals surface area contributed by atoms with Crippen LogP contribution in [0.25, 0.3) is 0 Å². The Morgan fingerprint density at radius 2 is 2.00 bits per heavy atom. The minimum atomic E-state index is -0.811. The summed E-state index contributed by atoms with van der Waals surface area (Å²) in [7, 11) is 0. The molecule has 0 spiro atoms. The fraction of sp³-hybridized carbons (Fsp3) is 0.333. The number of ketones is 1. The SMILES string of the molecule is [2H]C(CCNC(C)=O)C(=O)c1ccccc1. The number of hydrogen-bond donors (Lipinski definition) is 1. The molecule has 1 N–H and O–H groups in total. The lowest BCUT2D eigenvalue weighted by molar-refractivity contribution is -0.118. The molecular weight excluding hydrogens is 190 g/mol. The first kappa shape index (κ1) is 9.90. The highest BCUT2D eigenvalue weighted by atomic mass is 16.1. The second kappa shape index (κ2) is 5.96. The van der Waals surface area contributed by atoms with E-state index in [1.807, 2.05) is 6.07 Å². The van der Waals surface area contributed by atoms with Gasteiger partial charge in [-0.2, -0.15) is 0 Å². The van der Waals surface area contributed by atoms with E-state index in [0.29, 0.717) is 18.5 Å². The Balaban J connectivity index is 2.45. The van der Waals surface area contributed by atoms with Gasteiger partial charge in [-0.1, -0.05) is 30.3 Å². The third-order valence-corrected chi connectivity index (χ3v) is 1.91. The van der Waals surface area contributed by atoms with Crippen LogP contribution in [0.5, 0.6) is 0 Å². The normalized spacial score (nSPS) is 12.7. The third-order valence-electron chi connectivity index (χ3n) is 1.91. The molecule has 0 saturated heterocycles. The summed E-state index contributed by atoms with van der Waals surface area (Å²) in [5.74, 6) is -0.342. The summed E-state index contributed by atoms with van der Waals surface area (Å²) in [6, 6.07) is 8.76. The number of Topliss-reactive ketones (excluding diaryl/α,β-unsaturated/α-hetero) is 1. The summed E-state index contributed by atoms with van der Waals surface area (Å²) in [6.45, 7) is 1.78. The molecule has 1 aromatic rings. The number of amides is 1. The van der Waals surface area contributed by atoms with Gasteiger partial charge in [-0.15, -0.1) is 0 Å². The second-order valence-electron chi connectivity index (χ2n) is 3.21. The van der Waals surface area contributed by atoms with Crippen molar-refractivity contribution in [2.75, 3.05) is 6.54 Å². The van der Waals surface area contributed by atoms with Gasteiger partial charge in [0.2, 0.25) is 5.91 Å². The molecule has 0 aromatic heterocycles. The maximum absolute atomic E-state index is 11.7. The standard InChI is InChI=1S/C12H15NO2/c1-10(14)13-9-5-8-12(15)11-6-3-2-4-7-11/h2-4,6-7H,5,8-9H2,1H3,(H,13,14)/i8D. The van der Waals surface area contributed by atoms with Crippen LogP contribution in [0.2, 0.25) is 0 Å². The van der Waals surface area contributed by atoms with Crippen molar-refractivity contribution < 1.29 is 11.0 Å². The maximum atomic E-state index is 11.7. The summed E-state index contributed by atoms with van der Waals surface area (Å²) in [4.78, 5) is 22.3. The largest absolute Gasteiger partial charge is 0.356 e. The van der Waals surface area contributed by atoms with Crippen LogP contribution in [0.1, 0.15) is 31.5 Å². The van der Waals surface area contributed by atoms with Crippen LogP contribution in [0.15, 0.2) is 30.3 Å². The van der Waals surface area contributed by atoms with Crippen molar-refractivity contribution in [1.82, 2.24) is 5.32 Å². The van der Waals surface area contributed by atoms with Gasteiger partial charge in [0.15, 0.2) is 5.78 Å². The predicted molar refractivity (Wildman–Crippen MR) is 58.7 cm³/mol. The molecule has 3 nitrogen and oxygen atoms in total. The van der Waals surface area contributed by atoms with Crippen LogP contribution in [0, 0.1) is 0 Å². The van der Waals surface area contributed by atoms with E-state index in [4.69, 9.17) is 1.37 Å². The molecule has 0 aliphatic heterocycles. The number of carbonyl (C=O) groups excluding carboxylic acids is 2. The smallest absolute Gasteiger partial charge is 0.216 e. The third kappa shape index (κ3) is 4.40. The molecule has 0 radical (unpaired) electrons. The zero-order valence-electron chi connectivity index (χ0n) is 9.69. The fourth-order valence-electron chi connectivity index (χ4n) is 1.17. The molecule has 0 bridgehead atoms. The molecule has 15 heavy (non-hydrogen) atoms. The molecule has 1 amide bonds. The summed E-state index contributed by atoms with van der Waals surface area (Å²) < 4.78 is 7.66. The predicted octanol–water partition coefficient (Wildman–Crippen LogP) is 1.79. The molecule has 0 saturated carbocycles. The highest BCUT2D eigenvalue weighted by molar-refractivity contribution is 5.95. The van der Waals surface area contributed by atoms with Crippen molar-refractivity contribution in [1.29, 1.82) is 0 Å². The number of rotatable bonds is 5. The van der Waals surface area contributed by atoms with Crippen molar-refractivity contribution in [3.8, 4) is 0 Å². The van der Waals surface area contributed by atoms with E-state index >= 15 is 0 Å². The van der Waals surface area contributed by atoms with Crippen LogP contribution < -0.4 is 5.32 Å². The Hall–Kier alpha value is -1.64. The molecule has 80 valence electrons. The van der Waals surface area contributed by atoms with Gasteiger partial charge >= 0.3 is 0 Å². The molecule has 0 aliphatic carbocycles. The van der Waals surface area contributed by atoms with Crippen LogP contribution in [-0.4, -0.2) is 18.2 Å². The molecule has 0 fully saturated rings. The number of nitrogens with one attached hydrogen (secondary N) is 1. The van der Waals surface area contributed by atoms with E-state index in [-0.39, 0.29) is 11.7 Å². The van der Waals surface area contributed by atoms with Gasteiger partial charge in [-0.3, -0.25) is 9.59 Å². The van der Waals surface area contributed by atoms with Crippen molar-refractivity contribution in [3.05, 3.63) is 35.9 Å². The lowest BCUT2D eigenvalue weighted by Gasteiger charge is -2.01. The van der Waals surface area contributed by atoms with Gasteiger partial charge in [0, 0.05) is 26.8 Å². The van der Waals surface area contributed by atoms with Gasteiger partial charge in [0.1, 0.15) is 0 Å². The van der Waals surface area contributed by atoms with E-state index < -0.39 is 6.40 Å². The maximum Gasteiger partial charge on any atom is 0.216 e. The summed E-state index contributed by atoms with van der Waals surface area (Å²) >= 11 is 0. The zero-order chi connectivity index (χ0) is 12.0. The molecular formula is C12H15NO2. The van der Waals surface area contributed by atoms with Crippen LogP contribution >= 0.6 is 0 Å². The number of benzene rings is 1. The molecule has 0 aliphatic rings. The first-order chi connectivity index (χ1) is 7.61. The molecule has 1 unspecified atom stereocenters. The molecule has 1 rings (SSSR count). The number of carbonyl (C=O) groups is 2. The highest BCUT2D eigenvalue weighted by Gasteiger charge is 2.03. The average molecular weight is 206 g/mol. The Kier molecular flexibility index (Phi) is 3.93. The quantitative estimate of drug-likeness (QED) is 0.746. The molecule has 3 heteroatoms. The summed E-state index contributed by atoms with van der Waals surface area (Å²) in [5, 5.41) is 2.57. The Labute approximate surface area is 90.9 Å². The van der Waals surface area contributed by atoms with Crippen LogP contribution in [-0.2, 0) is 4.79 Å². The minimum Gasteiger partial charge on any atom is -0.356 e. The molecule has 1 atom stereocenters. The van der Waals surface area contributed by atoms with E-state index in [9.17, 15) is 9.59 Å². The average Bonchev–Trinajstić information content (AvgIpc) is 2.28. The van der Waals surface area contributed by atoms with E-state index in [2.05, 4.69) is 5.32 Å². The number of hydrogen-bond acceptors (Lipinski definition) is 2. The van der Waals surface area contributed by atoms with Gasteiger partial charge in [-0.25, -0.2) is 0 Å². The Morgan fingerprint density at radius 3 is 2.60 bits per heavy atom. The van der Waals surface area contributed by atoms with Crippen molar-refractivity contribution in [2.45, 2.75) is 19.7 Å². The topological polar surface area (TPSA) is 46.2 Å². The summed E-state index contributed by atoms with van der Waals surface area (Å²) in [6.07, 6.45) is -0.470. The lowest BCUT2D eigenvalue weighted by Crippen LogP contribution is -2.21. The molecule has 0 heterocycles. The Bertz CT molecular complexity index is 365. The highest BCUT2D eigenvalue weighted by Crippen LogP contribution is 2.04. The molecule has 1 aromatic carbocycles. The first-order valence-corrected chi connectivity index (χ1v) is 4.87. The van der Waals surface area contributed by atoms with Crippen LogP contribution in [0.4, 0.5) is 0 Å². The van der Waals surface area contributed by atoms with E-state index in [1.54, 1.807) is 24.3 Å². The van der Waals surface area contributed by atoms with Gasteiger partial charge in [0.25, 0.3) is 0 Å². The van der Waals surface area contributed by atoms with E-state index in [1.165, 1.54) is 6.92 Å². The van der Waals surface area contributed by atoms with Crippen molar-refractivity contribution in [2.24, 2.45) is 0 Å². The minimum absolute atomic E-state index is 0.139. The first-order valence-electron chi connectivity index (χ1n) is 5.45. The van der Waals surface area contributed by atoms with Gasteiger partial charge < -0.3 is 5.32 Å². The Morgan fingerprint density at radius 1 is 1.33 bits per heavy atom. The fourth-order valence-corrected chi connectivity index (χ4v) is 1.17. The zero-order valence-corrected chi connectivity index (χ0v) is 8.69. The monoisotopic (exact) mass is 206 g/mol. The second-order valence-corrected chi connectivity index (χ2v) is 3.21. The lowest BCUT2D eigenvalue weighted by atomic mass is 10.1. The van der Waals surface area contributed by atoms with Crippen molar-refractivity contribution >= 4 is 11.7 Å². The summed E-state index contributed by atoms with van der Waals surface area (Å²) in [5.41, 5.74) is 0.547.